The van der Waals surface area contributed by atoms with Crippen molar-refractivity contribution in [1.29, 1.82) is 0 Å². The number of amides is 4. The van der Waals surface area contributed by atoms with Crippen LogP contribution in [-0.4, -0.2) is 96.6 Å². The maximum atomic E-state index is 15.8. The molecule has 14 heteroatoms. The third-order valence-electron chi connectivity index (χ3n) is 6.92. The Labute approximate surface area is 275 Å². The molecule has 1 heterocycles. The number of guanidine groups is 1. The second-order valence-electron chi connectivity index (χ2n) is 13.3. The van der Waals surface area contributed by atoms with E-state index in [1.165, 1.54) is 14.7 Å². The largest absolute Gasteiger partial charge is 0.497 e. The van der Waals surface area contributed by atoms with Gasteiger partial charge in [-0.2, -0.15) is 0 Å². The van der Waals surface area contributed by atoms with Crippen LogP contribution in [0.25, 0.3) is 0 Å². The van der Waals surface area contributed by atoms with E-state index in [0.717, 1.165) is 22.6 Å². The number of aliphatic imine (C=N–C) groups is 1. The van der Waals surface area contributed by atoms with Crippen molar-refractivity contribution in [2.24, 2.45) is 4.99 Å². The number of carbonyl (C=O) groups is 3. The topological polar surface area (TPSA) is 116 Å². The van der Waals surface area contributed by atoms with Crippen molar-refractivity contribution in [3.05, 3.63) is 64.7 Å². The van der Waals surface area contributed by atoms with Gasteiger partial charge >= 0.3 is 18.2 Å². The van der Waals surface area contributed by atoms with Gasteiger partial charge in [-0.3, -0.25) is 0 Å². The Bertz CT molecular complexity index is 1430. The highest BCUT2D eigenvalue weighted by Crippen LogP contribution is 2.28. The van der Waals surface area contributed by atoms with Gasteiger partial charge in [-0.15, -0.1) is 4.99 Å². The molecule has 2 aromatic rings. The summed E-state index contributed by atoms with van der Waals surface area (Å²) in [4.78, 5) is 48.6. The molecular weight excluding hydrogens is 614 g/mol. The number of hydrogen-bond donors (Lipinski definition) is 1. The van der Waals surface area contributed by atoms with Crippen LogP contribution in [0.15, 0.2) is 41.4 Å². The van der Waals surface area contributed by atoms with Crippen LogP contribution >= 0.6 is 0 Å². The summed E-state index contributed by atoms with van der Waals surface area (Å²) in [6, 6.07) is 8.45. The number of likely N-dealkylation sites (N-methyl/N-ethyl adjacent to an activating group) is 1. The molecule has 3 rings (SSSR count). The van der Waals surface area contributed by atoms with Crippen LogP contribution in [0.1, 0.15) is 64.3 Å². The van der Waals surface area contributed by atoms with Gasteiger partial charge in [0, 0.05) is 25.7 Å². The van der Waals surface area contributed by atoms with Crippen molar-refractivity contribution in [2.45, 2.75) is 71.8 Å². The van der Waals surface area contributed by atoms with Gasteiger partial charge in [0.2, 0.25) is 5.96 Å². The number of methoxy groups -OCH3 is 1. The predicted octanol–water partition coefficient (Wildman–Crippen LogP) is 5.72. The summed E-state index contributed by atoms with van der Waals surface area (Å²) < 4.78 is 47.8. The Morgan fingerprint density at radius 1 is 0.936 bits per heavy atom. The van der Waals surface area contributed by atoms with E-state index >= 15 is 8.78 Å². The Hall–Kier alpha value is -4.46. The van der Waals surface area contributed by atoms with Crippen molar-refractivity contribution < 1.29 is 37.4 Å². The summed E-state index contributed by atoms with van der Waals surface area (Å²) in [5.41, 5.74) is -1.15. The number of halogens is 2. The minimum absolute atomic E-state index is 0.0546. The lowest BCUT2D eigenvalue weighted by Crippen LogP contribution is -2.60. The maximum absolute atomic E-state index is 15.8. The van der Waals surface area contributed by atoms with E-state index in [1.807, 2.05) is 12.1 Å². The molecule has 0 aliphatic carbocycles. The molecule has 1 unspecified atom stereocenters. The van der Waals surface area contributed by atoms with E-state index < -0.39 is 47.6 Å². The summed E-state index contributed by atoms with van der Waals surface area (Å²) in [7, 11) is 6.25. The predicted molar refractivity (Wildman–Crippen MR) is 173 cm³/mol. The normalized spacial score (nSPS) is 15.0. The molecule has 12 nitrogen and oxygen atoms in total. The molecule has 1 N–H and O–H groups in total. The number of benzene rings is 2. The van der Waals surface area contributed by atoms with Crippen LogP contribution in [0.2, 0.25) is 0 Å². The first-order valence-corrected chi connectivity index (χ1v) is 15.1. The number of hydrogen-bond acceptors (Lipinski definition) is 7. The number of nitrogens with zero attached hydrogens (tertiary/aromatic N) is 5. The first-order valence-electron chi connectivity index (χ1n) is 15.1. The van der Waals surface area contributed by atoms with Crippen molar-refractivity contribution >= 4 is 24.2 Å². The van der Waals surface area contributed by atoms with E-state index in [0.29, 0.717) is 12.2 Å². The lowest BCUT2D eigenvalue weighted by molar-refractivity contribution is 0.0300. The number of carbonyl (C=O) groups excluding carboxylic acids is 3. The zero-order chi connectivity index (χ0) is 35.3. The molecule has 0 saturated carbocycles. The molecule has 0 spiro atoms. The van der Waals surface area contributed by atoms with Gasteiger partial charge in [0.1, 0.15) is 28.6 Å². The minimum Gasteiger partial charge on any atom is -0.497 e. The lowest BCUT2D eigenvalue weighted by atomic mass is 9.96. The van der Waals surface area contributed by atoms with E-state index in [2.05, 4.69) is 10.3 Å². The highest BCUT2D eigenvalue weighted by Gasteiger charge is 2.36. The fourth-order valence-corrected chi connectivity index (χ4v) is 4.89. The second kappa shape index (κ2) is 15.0. The van der Waals surface area contributed by atoms with Crippen LogP contribution in [0.3, 0.4) is 0 Å². The summed E-state index contributed by atoms with van der Waals surface area (Å²) in [6.45, 7) is 9.41. The van der Waals surface area contributed by atoms with Gasteiger partial charge in [0.15, 0.2) is 0 Å². The van der Waals surface area contributed by atoms with Crippen molar-refractivity contribution in [3.63, 3.8) is 0 Å². The highest BCUT2D eigenvalue weighted by molar-refractivity contribution is 5.99. The number of rotatable bonds is 7. The van der Waals surface area contributed by atoms with E-state index in [-0.39, 0.29) is 36.5 Å². The molecule has 1 atom stereocenters. The molecule has 258 valence electrons. The minimum atomic E-state index is -1.01. The third kappa shape index (κ3) is 10.3. The van der Waals surface area contributed by atoms with Gasteiger partial charge in [-0.25, -0.2) is 28.1 Å². The molecule has 1 aliphatic rings. The van der Waals surface area contributed by atoms with E-state index in [4.69, 9.17) is 14.2 Å². The number of urea groups is 1. The van der Waals surface area contributed by atoms with Crippen LogP contribution in [0, 0.1) is 11.6 Å². The smallest absolute Gasteiger partial charge is 0.437 e. The average molecular weight is 661 g/mol. The highest BCUT2D eigenvalue weighted by atomic mass is 19.1. The standard InChI is InChI=1S/C33H46F2N6O6/c1-32(2,3)46-29(42)37-28(40-19-38(8)30(43)39(9)20-40)41(31(44)47-33(4,5)6)18-22-15-24(34)27(25(35)16-22)26(36-7)17-21-11-13-23(45-10)14-12-21/h11-16,26,36H,17-20H2,1-10H3/b37-28+. The molecule has 4 amide bonds. The van der Waals surface area contributed by atoms with Crippen LogP contribution in [0.4, 0.5) is 23.2 Å². The fourth-order valence-electron chi connectivity index (χ4n) is 4.89. The van der Waals surface area contributed by atoms with Crippen molar-refractivity contribution in [2.75, 3.05) is 41.6 Å². The molecule has 0 bridgehead atoms. The first kappa shape index (κ1) is 37.0. The Balaban J connectivity index is 2.07. The van der Waals surface area contributed by atoms with Gasteiger partial charge in [0.05, 0.1) is 27.0 Å². The van der Waals surface area contributed by atoms with Crippen molar-refractivity contribution in [1.82, 2.24) is 24.9 Å². The molecule has 2 aromatic carbocycles. The van der Waals surface area contributed by atoms with Crippen LogP contribution < -0.4 is 10.1 Å². The average Bonchev–Trinajstić information content (AvgIpc) is 2.95. The van der Waals surface area contributed by atoms with E-state index in [1.54, 1.807) is 81.9 Å². The number of ether oxygens (including phenoxy) is 3. The van der Waals surface area contributed by atoms with Crippen LogP contribution in [0.5, 0.6) is 5.75 Å². The molecule has 1 aliphatic heterocycles. The third-order valence-corrected chi connectivity index (χ3v) is 6.92. The second-order valence-corrected chi connectivity index (χ2v) is 13.3. The maximum Gasteiger partial charge on any atom is 0.437 e. The molecule has 1 saturated heterocycles. The zero-order valence-corrected chi connectivity index (χ0v) is 28.8. The lowest BCUT2D eigenvalue weighted by Gasteiger charge is -2.42. The van der Waals surface area contributed by atoms with Gasteiger partial charge in [-0.05, 0) is 90.4 Å². The number of nitrogens with one attached hydrogen (secondary N) is 1. The molecule has 1 fully saturated rings. The quantitative estimate of drug-likeness (QED) is 0.296. The SMILES string of the molecule is CNC(Cc1ccc(OC)cc1)c1c(F)cc(CN(C(=O)OC(C)(C)C)/C(=N/C(=O)OC(C)(C)C)N2CN(C)C(=O)N(C)C2)cc1F. The molecule has 0 radical (unpaired) electrons. The Kier molecular flexibility index (Phi) is 11.8. The fraction of sp³-hybridized carbons (Fsp3) is 0.515. The summed E-state index contributed by atoms with van der Waals surface area (Å²) >= 11 is 0. The molecular formula is C33H46F2N6O6. The van der Waals surface area contributed by atoms with Crippen LogP contribution in [-0.2, 0) is 22.4 Å². The monoisotopic (exact) mass is 660 g/mol. The van der Waals surface area contributed by atoms with E-state index in [9.17, 15) is 14.4 Å². The van der Waals surface area contributed by atoms with Gasteiger partial charge in [0.25, 0.3) is 0 Å². The van der Waals surface area contributed by atoms with Gasteiger partial charge in [-0.1, -0.05) is 12.1 Å². The summed E-state index contributed by atoms with van der Waals surface area (Å²) in [5, 5.41) is 2.98. The Morgan fingerprint density at radius 2 is 1.47 bits per heavy atom. The van der Waals surface area contributed by atoms with Gasteiger partial charge < -0.3 is 34.2 Å². The first-order chi connectivity index (χ1) is 21.8. The summed E-state index contributed by atoms with van der Waals surface area (Å²) in [5.74, 6) is -1.22. The van der Waals surface area contributed by atoms with Crippen molar-refractivity contribution in [3.8, 4) is 5.75 Å². The Morgan fingerprint density at radius 3 is 1.94 bits per heavy atom. The zero-order valence-electron chi connectivity index (χ0n) is 28.8. The molecule has 47 heavy (non-hydrogen) atoms. The molecule has 0 aromatic heterocycles. The summed E-state index contributed by atoms with van der Waals surface area (Å²) in [6.07, 6.45) is -1.65.